The molecule has 0 bridgehead atoms. The maximum Gasteiger partial charge on any atom is 0.328 e. The van der Waals surface area contributed by atoms with Crippen LogP contribution in [0.4, 0.5) is 5.82 Å². The maximum absolute atomic E-state index is 12.2. The van der Waals surface area contributed by atoms with Crippen LogP contribution >= 0.6 is 11.8 Å². The zero-order valence-corrected chi connectivity index (χ0v) is 12.9. The highest BCUT2D eigenvalue weighted by Crippen LogP contribution is 2.21. The third kappa shape index (κ3) is 2.82. The number of pyridine rings is 1. The predicted molar refractivity (Wildman–Crippen MR) is 86.9 cm³/mol. The Morgan fingerprint density at radius 3 is 2.95 bits per heavy atom. The van der Waals surface area contributed by atoms with Crippen LogP contribution in [0.3, 0.4) is 0 Å². The topological polar surface area (TPSA) is 102 Å². The van der Waals surface area contributed by atoms with Crippen molar-refractivity contribution in [3.05, 3.63) is 40.6 Å². The average molecular weight is 316 g/mol. The number of fused-ring (bicyclic) bond motifs is 1. The molecular weight excluding hydrogens is 300 g/mol. The molecule has 3 aromatic rings. The van der Waals surface area contributed by atoms with Crippen LogP contribution < -0.4 is 11.4 Å². The van der Waals surface area contributed by atoms with Crippen LogP contribution in [-0.4, -0.2) is 30.3 Å². The van der Waals surface area contributed by atoms with Gasteiger partial charge in [0.05, 0.1) is 12.2 Å². The Bertz CT molecular complexity index is 842. The molecule has 3 rings (SSSR count). The maximum atomic E-state index is 12.2. The first-order valence-corrected chi connectivity index (χ1v) is 7.96. The van der Waals surface area contributed by atoms with Crippen LogP contribution in [-0.2, 0) is 6.54 Å². The number of anilines is 1. The zero-order chi connectivity index (χ0) is 15.5. The number of rotatable bonds is 5. The molecule has 0 aliphatic rings. The molecule has 0 saturated heterocycles. The molecule has 3 aromatic heterocycles. The molecule has 0 aliphatic heterocycles. The fraction of sp³-hybridized carbons (Fsp3) is 0.286. The van der Waals surface area contributed by atoms with Crippen molar-refractivity contribution >= 4 is 28.7 Å². The van der Waals surface area contributed by atoms with Crippen LogP contribution in [0.15, 0.2) is 34.3 Å². The van der Waals surface area contributed by atoms with E-state index in [4.69, 9.17) is 5.73 Å². The first-order chi connectivity index (χ1) is 10.7. The summed E-state index contributed by atoms with van der Waals surface area (Å²) in [5, 5.41) is 0.584. The van der Waals surface area contributed by atoms with E-state index in [-0.39, 0.29) is 5.69 Å². The molecule has 0 spiro atoms. The van der Waals surface area contributed by atoms with Crippen LogP contribution in [0, 0.1) is 0 Å². The zero-order valence-electron chi connectivity index (χ0n) is 12.1. The van der Waals surface area contributed by atoms with Gasteiger partial charge in [-0.3, -0.25) is 9.55 Å². The Balaban J connectivity index is 2.07. The fourth-order valence-electron chi connectivity index (χ4n) is 2.09. The Labute approximate surface area is 131 Å². The molecule has 0 radical (unpaired) electrons. The number of nitrogens with one attached hydrogen (secondary N) is 1. The lowest BCUT2D eigenvalue weighted by Crippen LogP contribution is -2.18. The highest BCUT2D eigenvalue weighted by Gasteiger charge is 2.14. The van der Waals surface area contributed by atoms with Gasteiger partial charge in [-0.25, -0.2) is 14.8 Å². The summed E-state index contributed by atoms with van der Waals surface area (Å²) < 4.78 is 1.53. The van der Waals surface area contributed by atoms with Gasteiger partial charge < -0.3 is 10.7 Å². The summed E-state index contributed by atoms with van der Waals surface area (Å²) in [5.41, 5.74) is 7.45. The van der Waals surface area contributed by atoms with Gasteiger partial charge in [0, 0.05) is 11.9 Å². The molecule has 0 unspecified atom stereocenters. The number of nitrogen functional groups attached to an aromatic ring is 1. The summed E-state index contributed by atoms with van der Waals surface area (Å²) in [6.07, 6.45) is 2.71. The molecule has 114 valence electrons. The van der Waals surface area contributed by atoms with Gasteiger partial charge in [0.15, 0.2) is 16.6 Å². The summed E-state index contributed by atoms with van der Waals surface area (Å²) >= 11 is 1.53. The van der Waals surface area contributed by atoms with Crippen molar-refractivity contribution in [2.24, 2.45) is 0 Å². The molecular formula is C14H16N6OS. The number of aromatic nitrogens is 5. The van der Waals surface area contributed by atoms with E-state index in [2.05, 4.69) is 26.9 Å². The van der Waals surface area contributed by atoms with Crippen molar-refractivity contribution in [3.8, 4) is 0 Å². The van der Waals surface area contributed by atoms with E-state index in [1.165, 1.54) is 16.3 Å². The largest absolute Gasteiger partial charge is 0.382 e. The first-order valence-electron chi connectivity index (χ1n) is 6.97. The van der Waals surface area contributed by atoms with Crippen molar-refractivity contribution in [2.45, 2.75) is 25.0 Å². The van der Waals surface area contributed by atoms with Gasteiger partial charge in [0.25, 0.3) is 0 Å². The van der Waals surface area contributed by atoms with Gasteiger partial charge in [0.1, 0.15) is 5.52 Å². The number of nitrogens with zero attached hydrogens (tertiary/aromatic N) is 4. The number of imidazole rings is 1. The molecule has 8 heteroatoms. The standard InChI is InChI=1S/C14H16N6OS/c1-2-7-22-13-18-11(15)10-12(19-13)20(14(21)17-10)8-9-5-3-4-6-16-9/h3-6H,2,7-8H2,1H3,(H,17,21)(H2,15,18,19). The van der Waals surface area contributed by atoms with E-state index >= 15 is 0 Å². The molecule has 0 atom stereocenters. The van der Waals surface area contributed by atoms with Gasteiger partial charge in [-0.05, 0) is 18.6 Å². The highest BCUT2D eigenvalue weighted by atomic mass is 32.2. The van der Waals surface area contributed by atoms with Crippen LogP contribution in [0.25, 0.3) is 11.2 Å². The Kier molecular flexibility index (Phi) is 4.10. The number of hydrogen-bond donors (Lipinski definition) is 2. The third-order valence-corrected chi connectivity index (χ3v) is 4.16. The summed E-state index contributed by atoms with van der Waals surface area (Å²) in [6, 6.07) is 5.58. The van der Waals surface area contributed by atoms with E-state index < -0.39 is 0 Å². The summed E-state index contributed by atoms with van der Waals surface area (Å²) in [4.78, 5) is 27.8. The molecule has 0 saturated carbocycles. The van der Waals surface area contributed by atoms with E-state index in [0.29, 0.717) is 28.7 Å². The lowest BCUT2D eigenvalue weighted by atomic mass is 10.3. The lowest BCUT2D eigenvalue weighted by Gasteiger charge is -2.04. The Morgan fingerprint density at radius 2 is 2.23 bits per heavy atom. The smallest absolute Gasteiger partial charge is 0.328 e. The Hall–Kier alpha value is -2.35. The number of thioether (sulfide) groups is 1. The average Bonchev–Trinajstić information content (AvgIpc) is 2.83. The predicted octanol–water partition coefficient (Wildman–Crippen LogP) is 1.65. The normalized spacial score (nSPS) is 11.1. The van der Waals surface area contributed by atoms with Crippen molar-refractivity contribution in [2.75, 3.05) is 11.5 Å². The van der Waals surface area contributed by atoms with E-state index in [1.54, 1.807) is 6.20 Å². The number of nitrogens with two attached hydrogens (primary N) is 1. The quantitative estimate of drug-likeness (QED) is 0.548. The second kappa shape index (κ2) is 6.18. The van der Waals surface area contributed by atoms with Gasteiger partial charge in [-0.1, -0.05) is 24.8 Å². The molecule has 3 N–H and O–H groups in total. The van der Waals surface area contributed by atoms with Crippen molar-refractivity contribution in [3.63, 3.8) is 0 Å². The molecule has 0 fully saturated rings. The second-order valence-electron chi connectivity index (χ2n) is 4.78. The SMILES string of the molecule is CCCSc1nc(N)c2[nH]c(=O)n(Cc3ccccn3)c2n1. The van der Waals surface area contributed by atoms with Gasteiger partial charge in [-0.2, -0.15) is 0 Å². The summed E-state index contributed by atoms with van der Waals surface area (Å²) in [5.74, 6) is 1.19. The Morgan fingerprint density at radius 1 is 1.36 bits per heavy atom. The lowest BCUT2D eigenvalue weighted by molar-refractivity contribution is 0.751. The van der Waals surface area contributed by atoms with Gasteiger partial charge >= 0.3 is 5.69 Å². The second-order valence-corrected chi connectivity index (χ2v) is 5.84. The minimum absolute atomic E-state index is 0.265. The highest BCUT2D eigenvalue weighted by molar-refractivity contribution is 7.99. The van der Waals surface area contributed by atoms with E-state index in [9.17, 15) is 4.79 Å². The van der Waals surface area contributed by atoms with Gasteiger partial charge in [-0.15, -0.1) is 0 Å². The molecule has 0 amide bonds. The fourth-order valence-corrected chi connectivity index (χ4v) is 2.79. The minimum atomic E-state index is -0.265. The summed E-state index contributed by atoms with van der Waals surface area (Å²) in [7, 11) is 0. The molecule has 3 heterocycles. The number of H-pyrrole nitrogens is 1. The monoisotopic (exact) mass is 316 g/mol. The molecule has 0 aliphatic carbocycles. The van der Waals surface area contributed by atoms with E-state index in [0.717, 1.165) is 17.9 Å². The summed E-state index contributed by atoms with van der Waals surface area (Å²) in [6.45, 7) is 2.43. The van der Waals surface area contributed by atoms with Crippen molar-refractivity contribution in [1.29, 1.82) is 0 Å². The van der Waals surface area contributed by atoms with Crippen LogP contribution in [0.1, 0.15) is 19.0 Å². The first kappa shape index (κ1) is 14.6. The number of aromatic amines is 1. The van der Waals surface area contributed by atoms with Crippen molar-refractivity contribution < 1.29 is 0 Å². The third-order valence-electron chi connectivity index (χ3n) is 3.11. The molecule has 0 aromatic carbocycles. The molecule has 22 heavy (non-hydrogen) atoms. The van der Waals surface area contributed by atoms with Crippen LogP contribution in [0.2, 0.25) is 0 Å². The molecule has 7 nitrogen and oxygen atoms in total. The number of hydrogen-bond acceptors (Lipinski definition) is 6. The van der Waals surface area contributed by atoms with Crippen LogP contribution in [0.5, 0.6) is 0 Å². The van der Waals surface area contributed by atoms with Crippen molar-refractivity contribution in [1.82, 2.24) is 24.5 Å². The van der Waals surface area contributed by atoms with Gasteiger partial charge in [0.2, 0.25) is 0 Å². The van der Waals surface area contributed by atoms with E-state index in [1.807, 2.05) is 18.2 Å². The minimum Gasteiger partial charge on any atom is -0.382 e.